The van der Waals surface area contributed by atoms with E-state index in [-0.39, 0.29) is 0 Å². The first-order valence-corrected chi connectivity index (χ1v) is 8.37. The van der Waals surface area contributed by atoms with Gasteiger partial charge in [-0.3, -0.25) is 4.99 Å². The van der Waals surface area contributed by atoms with E-state index in [0.29, 0.717) is 0 Å². The molecule has 0 spiro atoms. The lowest BCUT2D eigenvalue weighted by molar-refractivity contribution is 0.848. The molecule has 116 valence electrons. The highest BCUT2D eigenvalue weighted by Crippen LogP contribution is 2.19. The van der Waals surface area contributed by atoms with Crippen LogP contribution in [0.2, 0.25) is 0 Å². The van der Waals surface area contributed by atoms with Gasteiger partial charge in [-0.2, -0.15) is 5.10 Å². The lowest BCUT2D eigenvalue weighted by atomic mass is 10.1. The van der Waals surface area contributed by atoms with Crippen molar-refractivity contribution >= 4 is 17.6 Å². The second-order valence-corrected chi connectivity index (χ2v) is 6.25. The van der Waals surface area contributed by atoms with E-state index in [1.807, 2.05) is 29.1 Å². The van der Waals surface area contributed by atoms with Crippen LogP contribution in [0, 0.1) is 13.8 Å². The van der Waals surface area contributed by atoms with E-state index in [2.05, 4.69) is 59.7 Å². The van der Waals surface area contributed by atoms with Gasteiger partial charge in [0.1, 0.15) is 0 Å². The molecular formula is C19H19N3S. The summed E-state index contributed by atoms with van der Waals surface area (Å²) in [6.45, 7) is 4.21. The molecule has 0 radical (unpaired) electrons. The Morgan fingerprint density at radius 3 is 2.52 bits per heavy atom. The van der Waals surface area contributed by atoms with Crippen molar-refractivity contribution in [3.05, 3.63) is 75.4 Å². The second-order valence-electron chi connectivity index (χ2n) is 5.41. The first kappa shape index (κ1) is 15.4. The van der Waals surface area contributed by atoms with Crippen molar-refractivity contribution in [3.8, 4) is 11.3 Å². The number of aryl methyl sites for hydroxylation is 2. The minimum Gasteiger partial charge on any atom is -0.261 e. The summed E-state index contributed by atoms with van der Waals surface area (Å²) in [6.07, 6.45) is 1.91. The number of thiazole rings is 1. The average molecular weight is 321 g/mol. The quantitative estimate of drug-likeness (QED) is 0.646. The molecule has 1 aromatic heterocycles. The van der Waals surface area contributed by atoms with Crippen molar-refractivity contribution in [1.29, 1.82) is 0 Å². The molecule has 3 nitrogen and oxygen atoms in total. The molecule has 2 aromatic carbocycles. The van der Waals surface area contributed by atoms with Gasteiger partial charge in [0.25, 0.3) is 0 Å². The second kappa shape index (κ2) is 6.75. The molecule has 3 rings (SSSR count). The van der Waals surface area contributed by atoms with E-state index >= 15 is 0 Å². The fourth-order valence-corrected chi connectivity index (χ4v) is 3.26. The van der Waals surface area contributed by atoms with Gasteiger partial charge in [0, 0.05) is 18.0 Å². The maximum Gasteiger partial charge on any atom is 0.205 e. The van der Waals surface area contributed by atoms with Crippen LogP contribution in [0.5, 0.6) is 0 Å². The van der Waals surface area contributed by atoms with Gasteiger partial charge in [-0.15, -0.1) is 11.3 Å². The highest BCUT2D eigenvalue weighted by atomic mass is 32.1. The molecular weight excluding hydrogens is 302 g/mol. The molecule has 1 heterocycles. The van der Waals surface area contributed by atoms with Crippen LogP contribution in [0.1, 0.15) is 16.7 Å². The summed E-state index contributed by atoms with van der Waals surface area (Å²) in [5.41, 5.74) is 5.79. The molecule has 0 amide bonds. The van der Waals surface area contributed by atoms with Gasteiger partial charge in [-0.1, -0.05) is 54.1 Å². The van der Waals surface area contributed by atoms with E-state index in [1.54, 1.807) is 18.4 Å². The van der Waals surface area contributed by atoms with E-state index in [0.717, 1.165) is 21.6 Å². The van der Waals surface area contributed by atoms with Crippen molar-refractivity contribution in [2.24, 2.45) is 10.1 Å². The summed E-state index contributed by atoms with van der Waals surface area (Å²) in [5.74, 6) is 0. The molecule has 0 saturated carbocycles. The Bertz CT molecular complexity index is 902. The summed E-state index contributed by atoms with van der Waals surface area (Å²) in [5, 5.41) is 6.78. The summed E-state index contributed by atoms with van der Waals surface area (Å²) in [6, 6.07) is 16.6. The van der Waals surface area contributed by atoms with E-state index in [9.17, 15) is 0 Å². The van der Waals surface area contributed by atoms with Gasteiger partial charge in [0.15, 0.2) is 0 Å². The Labute approximate surface area is 140 Å². The van der Waals surface area contributed by atoms with Crippen LogP contribution in [0.4, 0.5) is 0 Å². The zero-order valence-corrected chi connectivity index (χ0v) is 14.3. The number of nitrogens with zero attached hydrogens (tertiary/aromatic N) is 3. The molecule has 0 aliphatic carbocycles. The van der Waals surface area contributed by atoms with Crippen molar-refractivity contribution in [3.63, 3.8) is 0 Å². The molecule has 0 bridgehead atoms. The van der Waals surface area contributed by atoms with Crippen molar-refractivity contribution in [2.75, 3.05) is 7.05 Å². The van der Waals surface area contributed by atoms with E-state index in [1.165, 1.54) is 11.1 Å². The number of rotatable bonds is 3. The van der Waals surface area contributed by atoms with Crippen LogP contribution < -0.4 is 4.80 Å². The van der Waals surface area contributed by atoms with Crippen LogP contribution >= 0.6 is 11.3 Å². The van der Waals surface area contributed by atoms with Crippen LogP contribution in [-0.4, -0.2) is 17.9 Å². The lowest BCUT2D eigenvalue weighted by Gasteiger charge is -2.04. The molecule has 3 aromatic rings. The highest BCUT2D eigenvalue weighted by Gasteiger charge is 2.06. The molecule has 0 fully saturated rings. The Morgan fingerprint density at radius 1 is 1.04 bits per heavy atom. The van der Waals surface area contributed by atoms with E-state index < -0.39 is 0 Å². The van der Waals surface area contributed by atoms with Crippen LogP contribution in [-0.2, 0) is 0 Å². The van der Waals surface area contributed by atoms with Gasteiger partial charge < -0.3 is 0 Å². The van der Waals surface area contributed by atoms with Gasteiger partial charge in [0.2, 0.25) is 4.80 Å². The first-order valence-electron chi connectivity index (χ1n) is 7.49. The molecule has 0 saturated heterocycles. The third kappa shape index (κ3) is 3.32. The maximum atomic E-state index is 4.68. The normalized spacial score (nSPS) is 12.2. The van der Waals surface area contributed by atoms with Crippen LogP contribution in [0.3, 0.4) is 0 Å². The Kier molecular flexibility index (Phi) is 4.53. The van der Waals surface area contributed by atoms with Crippen molar-refractivity contribution in [2.45, 2.75) is 13.8 Å². The van der Waals surface area contributed by atoms with Crippen molar-refractivity contribution < 1.29 is 0 Å². The van der Waals surface area contributed by atoms with E-state index in [4.69, 9.17) is 0 Å². The Hall–Kier alpha value is -2.46. The van der Waals surface area contributed by atoms with Crippen molar-refractivity contribution in [1.82, 2.24) is 4.68 Å². The predicted octanol–water partition coefficient (Wildman–Crippen LogP) is 4.25. The molecule has 0 unspecified atom stereocenters. The summed E-state index contributed by atoms with van der Waals surface area (Å²) in [4.78, 5) is 5.21. The Morgan fingerprint density at radius 2 is 1.83 bits per heavy atom. The third-order valence-corrected chi connectivity index (χ3v) is 4.59. The zero-order valence-electron chi connectivity index (χ0n) is 13.5. The minimum atomic E-state index is 0.880. The number of benzene rings is 2. The standard InChI is InChI=1S/C19H19N3S/c1-14-9-10-17(15(2)11-14)12-21-22-18(13-23-19(22)20-3)16-7-5-4-6-8-16/h4-13H,1-3H3. The monoisotopic (exact) mass is 321 g/mol. The zero-order chi connectivity index (χ0) is 16.2. The highest BCUT2D eigenvalue weighted by molar-refractivity contribution is 7.07. The SMILES string of the molecule is CN=c1scc(-c2ccccc2)n1N=Cc1ccc(C)cc1C. The lowest BCUT2D eigenvalue weighted by Crippen LogP contribution is -2.11. The average Bonchev–Trinajstić information content (AvgIpc) is 2.98. The summed E-state index contributed by atoms with van der Waals surface area (Å²) < 4.78 is 1.90. The van der Waals surface area contributed by atoms with Crippen LogP contribution in [0.15, 0.2) is 64.0 Å². The minimum absolute atomic E-state index is 0.880. The topological polar surface area (TPSA) is 29.6 Å². The van der Waals surface area contributed by atoms with Gasteiger partial charge in [0.05, 0.1) is 11.9 Å². The molecule has 0 atom stereocenters. The summed E-state index contributed by atoms with van der Waals surface area (Å²) in [7, 11) is 1.80. The third-order valence-electron chi connectivity index (χ3n) is 3.68. The largest absolute Gasteiger partial charge is 0.261 e. The molecule has 4 heteroatoms. The predicted molar refractivity (Wildman–Crippen MR) is 98.1 cm³/mol. The molecule has 0 aliphatic heterocycles. The van der Waals surface area contributed by atoms with Gasteiger partial charge >= 0.3 is 0 Å². The number of hydrogen-bond donors (Lipinski definition) is 0. The summed E-state index contributed by atoms with van der Waals surface area (Å²) >= 11 is 1.60. The molecule has 23 heavy (non-hydrogen) atoms. The smallest absolute Gasteiger partial charge is 0.205 e. The van der Waals surface area contributed by atoms with Crippen LogP contribution in [0.25, 0.3) is 11.3 Å². The Balaban J connectivity index is 2.06. The fourth-order valence-electron chi connectivity index (χ4n) is 2.46. The number of hydrogen-bond acceptors (Lipinski definition) is 3. The number of aromatic nitrogens is 1. The van der Waals surface area contributed by atoms with Gasteiger partial charge in [-0.05, 0) is 25.0 Å². The molecule has 0 N–H and O–H groups in total. The first-order chi connectivity index (χ1) is 11.2. The van der Waals surface area contributed by atoms with Gasteiger partial charge in [-0.25, -0.2) is 4.68 Å². The maximum absolute atomic E-state index is 4.68. The fraction of sp³-hybridized carbons (Fsp3) is 0.158. The molecule has 0 aliphatic rings.